The molecule has 0 aliphatic rings. The lowest BCUT2D eigenvalue weighted by Crippen LogP contribution is -2.15. The molecule has 0 saturated heterocycles. The number of rotatable bonds is 6. The fourth-order valence-electron chi connectivity index (χ4n) is 3.00. The topological polar surface area (TPSA) is 90.6 Å². The second-order valence-electron chi connectivity index (χ2n) is 6.33. The molecule has 0 atom stereocenters. The molecule has 30 heavy (non-hydrogen) atoms. The number of ether oxygens (including phenoxy) is 2. The van der Waals surface area contributed by atoms with Gasteiger partial charge < -0.3 is 14.8 Å². The Balaban J connectivity index is 1.58. The summed E-state index contributed by atoms with van der Waals surface area (Å²) in [5.74, 6) is 1.40. The number of fused-ring (bicyclic) bond motifs is 3. The van der Waals surface area contributed by atoms with Crippen LogP contribution in [0, 0.1) is 6.92 Å². The van der Waals surface area contributed by atoms with Crippen LogP contribution in [0.3, 0.4) is 0 Å². The molecule has 2 heterocycles. The van der Waals surface area contributed by atoms with Crippen molar-refractivity contribution in [3.63, 3.8) is 0 Å². The minimum atomic E-state index is -0.234. The van der Waals surface area contributed by atoms with E-state index in [0.29, 0.717) is 38.8 Å². The van der Waals surface area contributed by atoms with Crippen molar-refractivity contribution >= 4 is 51.5 Å². The van der Waals surface area contributed by atoms with Gasteiger partial charge in [0.15, 0.2) is 10.8 Å². The van der Waals surface area contributed by atoms with Crippen LogP contribution in [0.25, 0.3) is 16.6 Å². The van der Waals surface area contributed by atoms with Gasteiger partial charge in [-0.05, 0) is 19.1 Å². The number of methoxy groups -OCH3 is 2. The largest absolute Gasteiger partial charge is 0.495 e. The number of hydrogen-bond donors (Lipinski definition) is 1. The minimum absolute atomic E-state index is 0.118. The third-order valence-corrected chi connectivity index (χ3v) is 5.56. The first kappa shape index (κ1) is 20.2. The van der Waals surface area contributed by atoms with Crippen LogP contribution < -0.4 is 14.8 Å². The molecular formula is C20H18ClN5O3S. The second kappa shape index (κ2) is 8.37. The molecule has 4 rings (SSSR count). The molecule has 2 aromatic carbocycles. The number of amides is 1. The Morgan fingerprint density at radius 2 is 1.93 bits per heavy atom. The van der Waals surface area contributed by atoms with E-state index in [0.717, 1.165) is 10.9 Å². The van der Waals surface area contributed by atoms with Gasteiger partial charge in [-0.1, -0.05) is 35.5 Å². The summed E-state index contributed by atoms with van der Waals surface area (Å²) in [5, 5.41) is 9.14. The Hall–Kier alpha value is -3.04. The van der Waals surface area contributed by atoms with Crippen molar-refractivity contribution in [2.24, 2.45) is 0 Å². The number of benzene rings is 2. The summed E-state index contributed by atoms with van der Waals surface area (Å²) in [6.07, 6.45) is 0. The highest BCUT2D eigenvalue weighted by atomic mass is 35.5. The molecule has 1 amide bonds. The van der Waals surface area contributed by atoms with Crippen molar-refractivity contribution in [1.82, 2.24) is 19.6 Å². The van der Waals surface area contributed by atoms with Gasteiger partial charge in [0.1, 0.15) is 17.3 Å². The number of thioether (sulfide) groups is 1. The summed E-state index contributed by atoms with van der Waals surface area (Å²) in [7, 11) is 3.01. The van der Waals surface area contributed by atoms with Gasteiger partial charge in [-0.15, -0.1) is 5.10 Å². The van der Waals surface area contributed by atoms with Gasteiger partial charge in [0.2, 0.25) is 5.91 Å². The fraction of sp³-hybridized carbons (Fsp3) is 0.200. The highest BCUT2D eigenvalue weighted by Crippen LogP contribution is 2.36. The number of nitrogens with zero attached hydrogens (tertiary/aromatic N) is 4. The van der Waals surface area contributed by atoms with E-state index >= 15 is 0 Å². The molecule has 10 heteroatoms. The number of hydrogen-bond acceptors (Lipinski definition) is 7. The first-order valence-corrected chi connectivity index (χ1v) is 10.3. The molecule has 2 aromatic heterocycles. The monoisotopic (exact) mass is 443 g/mol. The average Bonchev–Trinajstić information content (AvgIpc) is 3.14. The lowest BCUT2D eigenvalue weighted by Gasteiger charge is -2.13. The quantitative estimate of drug-likeness (QED) is 0.356. The smallest absolute Gasteiger partial charge is 0.234 e. The number of aromatic nitrogens is 4. The summed E-state index contributed by atoms with van der Waals surface area (Å²) in [6.45, 7) is 1.82. The summed E-state index contributed by atoms with van der Waals surface area (Å²) >= 11 is 7.39. The zero-order valence-corrected chi connectivity index (χ0v) is 18.0. The van der Waals surface area contributed by atoms with Crippen LogP contribution in [-0.4, -0.2) is 45.5 Å². The molecule has 0 unspecified atom stereocenters. The van der Waals surface area contributed by atoms with Crippen LogP contribution in [0.2, 0.25) is 5.02 Å². The van der Waals surface area contributed by atoms with Gasteiger partial charge >= 0.3 is 0 Å². The van der Waals surface area contributed by atoms with E-state index in [4.69, 9.17) is 21.1 Å². The molecule has 4 aromatic rings. The molecule has 0 radical (unpaired) electrons. The Kier molecular flexibility index (Phi) is 5.65. The van der Waals surface area contributed by atoms with Crippen LogP contribution >= 0.6 is 23.4 Å². The van der Waals surface area contributed by atoms with E-state index in [9.17, 15) is 4.79 Å². The lowest BCUT2D eigenvalue weighted by molar-refractivity contribution is -0.113. The molecule has 154 valence electrons. The SMILES string of the molecule is COc1cc(NC(=O)CSc2nc3ccccc3c3nc(C)nn23)c(OC)cc1Cl. The van der Waals surface area contributed by atoms with Crippen LogP contribution in [0.5, 0.6) is 11.5 Å². The number of para-hydroxylation sites is 1. The summed E-state index contributed by atoms with van der Waals surface area (Å²) in [4.78, 5) is 21.8. The van der Waals surface area contributed by atoms with Crippen molar-refractivity contribution in [1.29, 1.82) is 0 Å². The van der Waals surface area contributed by atoms with Gasteiger partial charge in [-0.3, -0.25) is 4.79 Å². The average molecular weight is 444 g/mol. The first-order chi connectivity index (χ1) is 14.5. The van der Waals surface area contributed by atoms with Gasteiger partial charge in [0.05, 0.1) is 36.2 Å². The van der Waals surface area contributed by atoms with E-state index < -0.39 is 0 Å². The molecule has 8 nitrogen and oxygen atoms in total. The van der Waals surface area contributed by atoms with Crippen molar-refractivity contribution < 1.29 is 14.3 Å². The number of nitrogens with one attached hydrogen (secondary N) is 1. The van der Waals surface area contributed by atoms with Gasteiger partial charge in [0.25, 0.3) is 0 Å². The second-order valence-corrected chi connectivity index (χ2v) is 7.68. The summed E-state index contributed by atoms with van der Waals surface area (Å²) in [6, 6.07) is 10.9. The normalized spacial score (nSPS) is 11.1. The zero-order chi connectivity index (χ0) is 21.3. The highest BCUT2D eigenvalue weighted by Gasteiger charge is 2.16. The standard InChI is InChI=1S/C20H18ClN5O3S/c1-11-22-19-12-6-4-5-7-14(12)24-20(26(19)25-11)30-10-18(27)23-15-9-16(28-2)13(21)8-17(15)29-3/h4-9H,10H2,1-3H3,(H,23,27). The van der Waals surface area contributed by atoms with Crippen molar-refractivity contribution in [3.05, 3.63) is 47.2 Å². The fourth-order valence-corrected chi connectivity index (χ4v) is 3.98. The molecule has 0 fully saturated rings. The van der Waals surface area contributed by atoms with Crippen LogP contribution in [0.1, 0.15) is 5.82 Å². The van der Waals surface area contributed by atoms with E-state index in [-0.39, 0.29) is 11.7 Å². The molecule has 1 N–H and O–H groups in total. The maximum Gasteiger partial charge on any atom is 0.234 e. The molecule has 0 spiro atoms. The molecule has 0 saturated carbocycles. The predicted octanol–water partition coefficient (Wildman–Crippen LogP) is 3.99. The lowest BCUT2D eigenvalue weighted by atomic mass is 10.2. The van der Waals surface area contributed by atoms with Crippen LogP contribution in [-0.2, 0) is 4.79 Å². The molecular weight excluding hydrogens is 426 g/mol. The Morgan fingerprint density at radius 1 is 1.17 bits per heavy atom. The summed E-state index contributed by atoms with van der Waals surface area (Å²) < 4.78 is 12.2. The van der Waals surface area contributed by atoms with E-state index in [2.05, 4.69) is 20.4 Å². The first-order valence-electron chi connectivity index (χ1n) is 8.96. The Labute approximate surface area is 181 Å². The van der Waals surface area contributed by atoms with E-state index in [1.807, 2.05) is 31.2 Å². The maximum absolute atomic E-state index is 12.6. The number of carbonyl (C=O) groups is 1. The maximum atomic E-state index is 12.6. The molecule has 0 aliphatic carbocycles. The molecule has 0 aliphatic heterocycles. The highest BCUT2D eigenvalue weighted by molar-refractivity contribution is 7.99. The molecule has 0 bridgehead atoms. The van der Waals surface area contributed by atoms with Gasteiger partial charge in [0, 0.05) is 17.5 Å². The number of anilines is 1. The van der Waals surface area contributed by atoms with Crippen molar-refractivity contribution in [2.75, 3.05) is 25.3 Å². The number of halogens is 1. The zero-order valence-electron chi connectivity index (χ0n) is 16.5. The van der Waals surface area contributed by atoms with Crippen molar-refractivity contribution in [2.45, 2.75) is 12.1 Å². The van der Waals surface area contributed by atoms with Crippen molar-refractivity contribution in [3.8, 4) is 11.5 Å². The van der Waals surface area contributed by atoms with Gasteiger partial charge in [-0.25, -0.2) is 9.97 Å². The summed E-state index contributed by atoms with van der Waals surface area (Å²) in [5.41, 5.74) is 1.98. The van der Waals surface area contributed by atoms with Gasteiger partial charge in [-0.2, -0.15) is 4.52 Å². The van der Waals surface area contributed by atoms with Crippen LogP contribution in [0.15, 0.2) is 41.6 Å². The minimum Gasteiger partial charge on any atom is -0.495 e. The predicted molar refractivity (Wildman–Crippen MR) is 117 cm³/mol. The number of aryl methyl sites for hydroxylation is 1. The van der Waals surface area contributed by atoms with E-state index in [1.165, 1.54) is 26.0 Å². The third-order valence-electron chi connectivity index (χ3n) is 4.34. The van der Waals surface area contributed by atoms with E-state index in [1.54, 1.807) is 16.6 Å². The Morgan fingerprint density at radius 3 is 2.70 bits per heavy atom. The van der Waals surface area contributed by atoms with Crippen LogP contribution in [0.4, 0.5) is 5.69 Å². The number of carbonyl (C=O) groups excluding carboxylic acids is 1. The third kappa shape index (κ3) is 3.86. The Bertz CT molecular complexity index is 1260.